The van der Waals surface area contributed by atoms with Crippen molar-refractivity contribution < 1.29 is 23.1 Å². The van der Waals surface area contributed by atoms with Crippen LogP contribution in [0.5, 0.6) is 0 Å². The minimum atomic E-state index is -4.50. The van der Waals surface area contributed by atoms with Crippen LogP contribution in [0.15, 0.2) is 48.7 Å². The SMILES string of the molecule is O=C(Nc1cc(C(F)(F)F)ccn1)N1CCC(O)(c2ccccc2)CC1. The number of aromatic nitrogens is 1. The lowest BCUT2D eigenvalue weighted by molar-refractivity contribution is -0.137. The fourth-order valence-electron chi connectivity index (χ4n) is 2.98. The van der Waals surface area contributed by atoms with E-state index in [1.807, 2.05) is 30.3 Å². The second-order valence-electron chi connectivity index (χ2n) is 6.24. The highest BCUT2D eigenvalue weighted by atomic mass is 19.4. The van der Waals surface area contributed by atoms with Crippen molar-refractivity contribution in [1.82, 2.24) is 9.88 Å². The average molecular weight is 365 g/mol. The Labute approximate surface area is 148 Å². The molecule has 1 aliphatic rings. The number of hydrogen-bond donors (Lipinski definition) is 2. The highest BCUT2D eigenvalue weighted by Gasteiger charge is 2.35. The molecule has 1 fully saturated rings. The van der Waals surface area contributed by atoms with Crippen LogP contribution in [0.1, 0.15) is 24.0 Å². The van der Waals surface area contributed by atoms with E-state index >= 15 is 0 Å². The van der Waals surface area contributed by atoms with Gasteiger partial charge in [-0.3, -0.25) is 5.32 Å². The first-order chi connectivity index (χ1) is 12.3. The maximum atomic E-state index is 12.7. The molecule has 2 heterocycles. The zero-order valence-electron chi connectivity index (χ0n) is 13.8. The summed E-state index contributed by atoms with van der Waals surface area (Å²) in [6, 6.07) is 10.3. The summed E-state index contributed by atoms with van der Waals surface area (Å²) in [5, 5.41) is 13.1. The summed E-state index contributed by atoms with van der Waals surface area (Å²) in [4.78, 5) is 17.5. The van der Waals surface area contributed by atoms with E-state index in [2.05, 4.69) is 10.3 Å². The number of amides is 2. The van der Waals surface area contributed by atoms with E-state index in [-0.39, 0.29) is 18.9 Å². The molecule has 26 heavy (non-hydrogen) atoms. The topological polar surface area (TPSA) is 65.5 Å². The maximum absolute atomic E-state index is 12.7. The highest BCUT2D eigenvalue weighted by Crippen LogP contribution is 2.33. The molecule has 0 radical (unpaired) electrons. The molecule has 1 aromatic carbocycles. The van der Waals surface area contributed by atoms with Crippen molar-refractivity contribution in [2.45, 2.75) is 24.6 Å². The molecule has 1 saturated heterocycles. The van der Waals surface area contributed by atoms with Crippen molar-refractivity contribution in [2.75, 3.05) is 18.4 Å². The molecule has 3 rings (SSSR count). The van der Waals surface area contributed by atoms with E-state index in [0.717, 1.165) is 23.9 Å². The Bertz CT molecular complexity index is 773. The van der Waals surface area contributed by atoms with Gasteiger partial charge < -0.3 is 10.0 Å². The molecule has 2 aromatic rings. The van der Waals surface area contributed by atoms with Crippen molar-refractivity contribution in [1.29, 1.82) is 0 Å². The van der Waals surface area contributed by atoms with Crippen molar-refractivity contribution in [2.24, 2.45) is 0 Å². The van der Waals surface area contributed by atoms with E-state index in [0.29, 0.717) is 12.8 Å². The van der Waals surface area contributed by atoms with Gasteiger partial charge in [-0.15, -0.1) is 0 Å². The van der Waals surface area contributed by atoms with Gasteiger partial charge in [0, 0.05) is 19.3 Å². The Hall–Kier alpha value is -2.61. The second kappa shape index (κ2) is 6.95. The number of benzene rings is 1. The zero-order valence-corrected chi connectivity index (χ0v) is 13.8. The van der Waals surface area contributed by atoms with Gasteiger partial charge in [-0.05, 0) is 30.5 Å². The van der Waals surface area contributed by atoms with Gasteiger partial charge in [-0.2, -0.15) is 13.2 Å². The predicted molar refractivity (Wildman–Crippen MR) is 89.4 cm³/mol. The van der Waals surface area contributed by atoms with Crippen molar-refractivity contribution in [3.8, 4) is 0 Å². The summed E-state index contributed by atoms with van der Waals surface area (Å²) in [6.07, 6.45) is -2.80. The first kappa shape index (κ1) is 18.2. The average Bonchev–Trinajstić information content (AvgIpc) is 2.62. The van der Waals surface area contributed by atoms with E-state index < -0.39 is 23.4 Å². The van der Waals surface area contributed by atoms with Gasteiger partial charge in [-0.1, -0.05) is 30.3 Å². The number of urea groups is 1. The van der Waals surface area contributed by atoms with E-state index in [1.165, 1.54) is 4.90 Å². The monoisotopic (exact) mass is 365 g/mol. The fraction of sp³-hybridized carbons (Fsp3) is 0.333. The molecule has 0 atom stereocenters. The molecule has 2 amide bonds. The first-order valence-corrected chi connectivity index (χ1v) is 8.15. The Balaban J connectivity index is 1.63. The number of alkyl halides is 3. The van der Waals surface area contributed by atoms with Crippen LogP contribution in [0.3, 0.4) is 0 Å². The lowest BCUT2D eigenvalue weighted by atomic mass is 9.84. The Morgan fingerprint density at radius 2 is 1.81 bits per heavy atom. The third-order valence-electron chi connectivity index (χ3n) is 4.51. The molecule has 0 spiro atoms. The molecule has 0 unspecified atom stereocenters. The fourth-order valence-corrected chi connectivity index (χ4v) is 2.98. The zero-order chi connectivity index (χ0) is 18.8. The Morgan fingerprint density at radius 1 is 1.15 bits per heavy atom. The number of aliphatic hydroxyl groups is 1. The number of anilines is 1. The van der Waals surface area contributed by atoms with Gasteiger partial charge in [0.15, 0.2) is 0 Å². The van der Waals surface area contributed by atoms with Gasteiger partial charge in [-0.25, -0.2) is 9.78 Å². The van der Waals surface area contributed by atoms with E-state index in [9.17, 15) is 23.1 Å². The first-order valence-electron chi connectivity index (χ1n) is 8.15. The molecule has 138 valence electrons. The second-order valence-corrected chi connectivity index (χ2v) is 6.24. The third kappa shape index (κ3) is 3.96. The number of likely N-dealkylation sites (tertiary alicyclic amines) is 1. The third-order valence-corrected chi connectivity index (χ3v) is 4.51. The summed E-state index contributed by atoms with van der Waals surface area (Å²) < 4.78 is 38.2. The molecule has 1 aromatic heterocycles. The Morgan fingerprint density at radius 3 is 2.42 bits per heavy atom. The number of carbonyl (C=O) groups excluding carboxylic acids is 1. The Kier molecular flexibility index (Phi) is 4.86. The van der Waals surface area contributed by atoms with Gasteiger partial charge >= 0.3 is 12.2 Å². The van der Waals surface area contributed by atoms with Crippen LogP contribution < -0.4 is 5.32 Å². The number of rotatable bonds is 2. The molecule has 0 bridgehead atoms. The molecule has 1 aliphatic heterocycles. The lowest BCUT2D eigenvalue weighted by Crippen LogP contribution is -2.46. The number of nitrogens with one attached hydrogen (secondary N) is 1. The minimum Gasteiger partial charge on any atom is -0.385 e. The summed E-state index contributed by atoms with van der Waals surface area (Å²) in [7, 11) is 0. The summed E-state index contributed by atoms with van der Waals surface area (Å²) >= 11 is 0. The smallest absolute Gasteiger partial charge is 0.385 e. The van der Waals surface area contributed by atoms with Crippen LogP contribution in [-0.4, -0.2) is 34.1 Å². The number of piperidine rings is 1. The minimum absolute atomic E-state index is 0.159. The van der Waals surface area contributed by atoms with Gasteiger partial charge in [0.25, 0.3) is 0 Å². The van der Waals surface area contributed by atoms with E-state index in [4.69, 9.17) is 0 Å². The van der Waals surface area contributed by atoms with Crippen LogP contribution in [0.4, 0.5) is 23.8 Å². The van der Waals surface area contributed by atoms with Gasteiger partial charge in [0.2, 0.25) is 0 Å². The number of carbonyl (C=O) groups is 1. The molecule has 5 nitrogen and oxygen atoms in total. The van der Waals surface area contributed by atoms with Crippen molar-refractivity contribution in [3.63, 3.8) is 0 Å². The van der Waals surface area contributed by atoms with Crippen LogP contribution in [0.2, 0.25) is 0 Å². The van der Waals surface area contributed by atoms with Gasteiger partial charge in [0.1, 0.15) is 5.82 Å². The van der Waals surface area contributed by atoms with Crippen LogP contribution in [0.25, 0.3) is 0 Å². The van der Waals surface area contributed by atoms with E-state index in [1.54, 1.807) is 0 Å². The summed E-state index contributed by atoms with van der Waals surface area (Å²) in [5.41, 5.74) is -1.09. The maximum Gasteiger partial charge on any atom is 0.416 e. The summed E-state index contributed by atoms with van der Waals surface area (Å²) in [5.74, 6) is -0.159. The lowest BCUT2D eigenvalue weighted by Gasteiger charge is -2.38. The van der Waals surface area contributed by atoms with Crippen LogP contribution >= 0.6 is 0 Å². The highest BCUT2D eigenvalue weighted by molar-refractivity contribution is 5.88. The largest absolute Gasteiger partial charge is 0.416 e. The molecular formula is C18H18F3N3O2. The van der Waals surface area contributed by atoms with Crippen molar-refractivity contribution in [3.05, 3.63) is 59.8 Å². The number of nitrogens with zero attached hydrogens (tertiary/aromatic N) is 2. The normalized spacial score (nSPS) is 17.0. The van der Waals surface area contributed by atoms with Gasteiger partial charge in [0.05, 0.1) is 11.2 Å². The molecule has 0 aliphatic carbocycles. The molecule has 0 saturated carbocycles. The standard InChI is InChI=1S/C18H18F3N3O2/c19-18(20,21)14-6-9-22-15(12-14)23-16(25)24-10-7-17(26,8-11-24)13-4-2-1-3-5-13/h1-6,9,12,26H,7-8,10-11H2,(H,22,23,25). The number of pyridine rings is 1. The number of hydrogen-bond acceptors (Lipinski definition) is 3. The van der Waals surface area contributed by atoms with Crippen LogP contribution in [-0.2, 0) is 11.8 Å². The van der Waals surface area contributed by atoms with Crippen molar-refractivity contribution >= 4 is 11.8 Å². The molecular weight excluding hydrogens is 347 g/mol. The van der Waals surface area contributed by atoms with Crippen LogP contribution in [0, 0.1) is 0 Å². The molecule has 8 heteroatoms. The predicted octanol–water partition coefficient (Wildman–Crippen LogP) is 3.62. The number of halogens is 3. The summed E-state index contributed by atoms with van der Waals surface area (Å²) in [6.45, 7) is 0.576. The molecule has 2 N–H and O–H groups in total. The quantitative estimate of drug-likeness (QED) is 0.854.